The van der Waals surface area contributed by atoms with Crippen molar-refractivity contribution in [2.24, 2.45) is 5.73 Å². The van der Waals surface area contributed by atoms with Crippen molar-refractivity contribution in [3.63, 3.8) is 0 Å². The van der Waals surface area contributed by atoms with Gasteiger partial charge in [0, 0.05) is 12.2 Å². The molecule has 1 aromatic carbocycles. The van der Waals surface area contributed by atoms with E-state index in [1.807, 2.05) is 0 Å². The molecule has 0 bridgehead atoms. The van der Waals surface area contributed by atoms with Crippen LogP contribution in [-0.2, 0) is 35.3 Å². The summed E-state index contributed by atoms with van der Waals surface area (Å²) in [7, 11) is 0. The normalized spacial score (nSPS) is 13.0. The third-order valence-corrected chi connectivity index (χ3v) is 5.25. The number of carboxylic acids is 1. The van der Waals surface area contributed by atoms with Gasteiger partial charge < -0.3 is 36.3 Å². The van der Waals surface area contributed by atoms with Crippen LogP contribution in [0.15, 0.2) is 30.3 Å². The van der Waals surface area contributed by atoms with E-state index < -0.39 is 58.8 Å². The van der Waals surface area contributed by atoms with Crippen molar-refractivity contribution >= 4 is 46.7 Å². The Morgan fingerprint density at radius 3 is 2.18 bits per heavy atom. The van der Waals surface area contributed by atoms with E-state index in [-0.39, 0.29) is 19.4 Å². The maximum Gasteiger partial charge on any atom is 0.408 e. The Kier molecular flexibility index (Phi) is 12.1. The number of carboxylic acid groups (broad SMARTS) is 1. The fourth-order valence-electron chi connectivity index (χ4n) is 2.44. The van der Waals surface area contributed by atoms with Crippen LogP contribution in [-0.4, -0.2) is 58.8 Å². The summed E-state index contributed by atoms with van der Waals surface area (Å²) >= 11 is 0.508. The van der Waals surface area contributed by atoms with E-state index in [0.717, 1.165) is 0 Å². The minimum absolute atomic E-state index is 0.0643. The maximum atomic E-state index is 12.7. The Morgan fingerprint density at radius 1 is 0.971 bits per heavy atom. The first-order valence-corrected chi connectivity index (χ1v) is 11.2. The average Bonchev–Trinajstić information content (AvgIpc) is 2.79. The van der Waals surface area contributed by atoms with Crippen LogP contribution in [0, 0.1) is 0 Å². The van der Waals surface area contributed by atoms with Crippen LogP contribution in [0.25, 0.3) is 0 Å². The van der Waals surface area contributed by atoms with E-state index in [0.29, 0.717) is 17.3 Å². The number of rotatable bonds is 13. The maximum absolute atomic E-state index is 12.7. The predicted octanol–water partition coefficient (Wildman–Crippen LogP) is -1.43. The van der Waals surface area contributed by atoms with Gasteiger partial charge in [-0.2, -0.15) is 0 Å². The summed E-state index contributed by atoms with van der Waals surface area (Å²) in [5, 5.41) is 17.0. The molecule has 0 aromatic heterocycles. The molecule has 0 radical (unpaired) electrons. The number of ether oxygens (including phenoxy) is 1. The predicted molar refractivity (Wildman–Crippen MR) is 120 cm³/mol. The van der Waals surface area contributed by atoms with Gasteiger partial charge in [-0.15, -0.1) is 0 Å². The lowest BCUT2D eigenvalue weighted by atomic mass is 10.1. The van der Waals surface area contributed by atoms with Gasteiger partial charge in [-0.1, -0.05) is 42.1 Å². The van der Waals surface area contributed by atoms with Crippen LogP contribution < -0.4 is 26.8 Å². The topological polar surface area (TPSA) is 197 Å². The van der Waals surface area contributed by atoms with Crippen molar-refractivity contribution in [2.45, 2.75) is 51.4 Å². The van der Waals surface area contributed by atoms with E-state index in [1.165, 1.54) is 13.8 Å². The van der Waals surface area contributed by atoms with Gasteiger partial charge in [-0.25, -0.2) is 4.79 Å². The van der Waals surface area contributed by atoms with Crippen LogP contribution in [0.4, 0.5) is 4.79 Å². The molecule has 0 fully saturated rings. The number of amides is 4. The minimum atomic E-state index is -1.42. The zero-order valence-corrected chi connectivity index (χ0v) is 19.5. The molecule has 13 heteroatoms. The molecule has 0 saturated heterocycles. The molecule has 0 aliphatic heterocycles. The van der Waals surface area contributed by atoms with Crippen molar-refractivity contribution in [1.29, 1.82) is 0 Å². The third-order valence-electron chi connectivity index (χ3n) is 4.35. The summed E-state index contributed by atoms with van der Waals surface area (Å²) in [6.07, 6.45) is -1.36. The highest BCUT2D eigenvalue weighted by Gasteiger charge is 2.26. The fourth-order valence-corrected chi connectivity index (χ4v) is 2.98. The largest absolute Gasteiger partial charge is 0.549 e. The minimum Gasteiger partial charge on any atom is -0.549 e. The highest BCUT2D eigenvalue weighted by atomic mass is 32.2. The Bertz CT molecular complexity index is 896. The fraction of sp³-hybridized carbons (Fsp3) is 0.429. The number of aliphatic carboxylic acids is 1. The van der Waals surface area contributed by atoms with Crippen LogP contribution in [0.1, 0.15) is 32.3 Å². The standard InChI is InChI=1S/C21H28N4O8S/c1-12(18(22)29)23-19(30)13(2)24-20(31)15(8-9-17(28)34-11-16(26)27)25-21(32)33-10-14-6-4-3-5-7-14/h3-7,12-13,15H,8-11H2,1-2H3,(H2,22,29)(H,23,30)(H,24,31)(H,25,32)(H,26,27)/p-1/t12-,13-,15?/m0/s1. The molecular weight excluding hydrogens is 468 g/mol. The summed E-state index contributed by atoms with van der Waals surface area (Å²) in [5.74, 6) is -4.20. The van der Waals surface area contributed by atoms with E-state index in [9.17, 15) is 33.9 Å². The first kappa shape index (κ1) is 28.4. The van der Waals surface area contributed by atoms with Crippen molar-refractivity contribution < 1.29 is 38.6 Å². The summed E-state index contributed by atoms with van der Waals surface area (Å²) in [4.78, 5) is 70.5. The second-order valence-corrected chi connectivity index (χ2v) is 8.23. The molecule has 186 valence electrons. The molecule has 4 amide bonds. The molecule has 0 aliphatic rings. The van der Waals surface area contributed by atoms with Crippen molar-refractivity contribution in [2.75, 3.05) is 5.75 Å². The van der Waals surface area contributed by atoms with Gasteiger partial charge >= 0.3 is 6.09 Å². The number of benzene rings is 1. The number of carbonyl (C=O) groups excluding carboxylic acids is 6. The average molecular weight is 496 g/mol. The summed E-state index contributed by atoms with van der Waals surface area (Å²) in [6, 6.07) is 5.45. The second-order valence-electron chi connectivity index (χ2n) is 7.19. The molecule has 12 nitrogen and oxygen atoms in total. The van der Waals surface area contributed by atoms with Crippen LogP contribution >= 0.6 is 11.8 Å². The van der Waals surface area contributed by atoms with Gasteiger partial charge in [0.15, 0.2) is 5.12 Å². The Balaban J connectivity index is 2.75. The SMILES string of the molecule is C[C@H](NC(=O)[C@H](C)NC(=O)C(CCC(=O)SCC(=O)[O-])NC(=O)OCc1ccccc1)C(N)=O. The van der Waals surface area contributed by atoms with Gasteiger partial charge in [0.1, 0.15) is 24.7 Å². The second kappa shape index (κ2) is 14.5. The summed E-state index contributed by atoms with van der Waals surface area (Å²) < 4.78 is 5.09. The van der Waals surface area contributed by atoms with Gasteiger partial charge in [-0.3, -0.25) is 19.2 Å². The number of hydrogen-bond donors (Lipinski definition) is 4. The van der Waals surface area contributed by atoms with E-state index in [2.05, 4.69) is 16.0 Å². The number of alkyl carbamates (subject to hydrolysis) is 1. The number of nitrogens with one attached hydrogen (secondary N) is 3. The van der Waals surface area contributed by atoms with Crippen LogP contribution in [0.3, 0.4) is 0 Å². The Labute approximate surface area is 200 Å². The molecule has 0 saturated carbocycles. The highest BCUT2D eigenvalue weighted by Crippen LogP contribution is 2.10. The molecule has 5 N–H and O–H groups in total. The highest BCUT2D eigenvalue weighted by molar-refractivity contribution is 8.14. The molecule has 0 aliphatic carbocycles. The molecule has 1 rings (SSSR count). The molecule has 34 heavy (non-hydrogen) atoms. The lowest BCUT2D eigenvalue weighted by Crippen LogP contribution is -2.55. The van der Waals surface area contributed by atoms with Crippen LogP contribution in [0.5, 0.6) is 0 Å². The summed E-state index contributed by atoms with van der Waals surface area (Å²) in [6.45, 7) is 2.66. The first-order chi connectivity index (χ1) is 16.0. The monoisotopic (exact) mass is 495 g/mol. The van der Waals surface area contributed by atoms with Gasteiger partial charge in [0.25, 0.3) is 0 Å². The number of carbonyl (C=O) groups is 6. The third kappa shape index (κ3) is 11.3. The lowest BCUT2D eigenvalue weighted by Gasteiger charge is -2.21. The molecule has 3 atom stereocenters. The smallest absolute Gasteiger partial charge is 0.408 e. The van der Waals surface area contributed by atoms with Crippen molar-refractivity contribution in [3.05, 3.63) is 35.9 Å². The molecule has 1 aromatic rings. The van der Waals surface area contributed by atoms with Crippen molar-refractivity contribution in [1.82, 2.24) is 16.0 Å². The zero-order chi connectivity index (χ0) is 25.7. The number of primary amides is 1. The molecule has 0 heterocycles. The summed E-state index contributed by atoms with van der Waals surface area (Å²) in [5.41, 5.74) is 5.80. The van der Waals surface area contributed by atoms with Crippen molar-refractivity contribution in [3.8, 4) is 0 Å². The number of thioether (sulfide) groups is 1. The van der Waals surface area contributed by atoms with Gasteiger partial charge in [0.2, 0.25) is 17.7 Å². The van der Waals surface area contributed by atoms with E-state index in [1.54, 1.807) is 30.3 Å². The molecule has 1 unspecified atom stereocenters. The first-order valence-electron chi connectivity index (χ1n) is 10.2. The Hall–Kier alpha value is -3.61. The molecular formula is C21H27N4O8S-. The van der Waals surface area contributed by atoms with E-state index in [4.69, 9.17) is 10.5 Å². The van der Waals surface area contributed by atoms with Gasteiger partial charge in [0.05, 0.1) is 5.97 Å². The van der Waals surface area contributed by atoms with E-state index >= 15 is 0 Å². The lowest BCUT2D eigenvalue weighted by molar-refractivity contribution is -0.301. The zero-order valence-electron chi connectivity index (χ0n) is 18.7. The molecule has 0 spiro atoms. The van der Waals surface area contributed by atoms with Gasteiger partial charge in [-0.05, 0) is 25.8 Å². The number of nitrogens with two attached hydrogens (primary N) is 1. The number of hydrogen-bond acceptors (Lipinski definition) is 9. The van der Waals surface area contributed by atoms with Crippen LogP contribution in [0.2, 0.25) is 0 Å². The Morgan fingerprint density at radius 2 is 1.59 bits per heavy atom. The quantitative estimate of drug-likeness (QED) is 0.253.